The van der Waals surface area contributed by atoms with Crippen molar-refractivity contribution in [3.8, 4) is 0 Å². The number of aromatic nitrogens is 3. The van der Waals surface area contributed by atoms with E-state index < -0.39 is 22.1 Å². The molecule has 3 aromatic rings. The van der Waals surface area contributed by atoms with E-state index in [1.54, 1.807) is 18.2 Å². The zero-order valence-corrected chi connectivity index (χ0v) is 21.6. The topological polar surface area (TPSA) is 126 Å². The lowest BCUT2D eigenvalue weighted by Crippen LogP contribution is -2.27. The second kappa shape index (κ2) is 9.32. The van der Waals surface area contributed by atoms with Crippen molar-refractivity contribution in [1.29, 1.82) is 0 Å². The van der Waals surface area contributed by atoms with Crippen molar-refractivity contribution in [2.45, 2.75) is 57.0 Å². The van der Waals surface area contributed by atoms with Gasteiger partial charge in [0.2, 0.25) is 5.91 Å². The van der Waals surface area contributed by atoms with Crippen LogP contribution >= 0.6 is 0 Å². The fourth-order valence-electron chi connectivity index (χ4n) is 4.41. The average Bonchev–Trinajstić information content (AvgIpc) is 3.58. The Labute approximate surface area is 213 Å². The van der Waals surface area contributed by atoms with Crippen LogP contribution in [0.1, 0.15) is 63.4 Å². The van der Waals surface area contributed by atoms with E-state index in [0.717, 1.165) is 37.5 Å². The number of hydrogen-bond acceptors (Lipinski definition) is 7. The molecule has 2 aliphatic rings. The highest BCUT2D eigenvalue weighted by atomic mass is 32.2. The van der Waals surface area contributed by atoms with E-state index in [4.69, 9.17) is 4.74 Å². The van der Waals surface area contributed by atoms with Crippen LogP contribution in [-0.2, 0) is 19.4 Å². The molecule has 37 heavy (non-hydrogen) atoms. The standard InChI is InChI=1S/C25H29F2N5O4S/c1-25(2)9-8-17(36-12-25)14-6-7-15(18(10-14)37(3,34)35)28-16-11-19(30-24(33)13-4-5-13)29-22-20(16)31-23(32-22)21(26)27/h6-7,10-11,13,17,21H,4-5,8-9,12H2,1-3H3,(H3,28,29,30,31,32,33). The van der Waals surface area contributed by atoms with Crippen LogP contribution < -0.4 is 10.6 Å². The lowest BCUT2D eigenvalue weighted by molar-refractivity contribution is -0.117. The molecule has 1 saturated heterocycles. The normalized spacial score (nSPS) is 19.8. The molecular weight excluding hydrogens is 504 g/mol. The number of carbonyl (C=O) groups is 1. The molecule has 0 radical (unpaired) electrons. The molecule has 3 heterocycles. The lowest BCUT2D eigenvalue weighted by Gasteiger charge is -2.34. The predicted octanol–water partition coefficient (Wildman–Crippen LogP) is 5.27. The van der Waals surface area contributed by atoms with Gasteiger partial charge < -0.3 is 20.4 Å². The van der Waals surface area contributed by atoms with Gasteiger partial charge in [-0.25, -0.2) is 27.2 Å². The number of ether oxygens (including phenoxy) is 1. The second-order valence-electron chi connectivity index (χ2n) is 10.6. The van der Waals surface area contributed by atoms with Crippen LogP contribution in [0.4, 0.5) is 26.0 Å². The number of halogens is 2. The van der Waals surface area contributed by atoms with Gasteiger partial charge in [0.1, 0.15) is 11.3 Å². The second-order valence-corrected chi connectivity index (χ2v) is 12.6. The van der Waals surface area contributed by atoms with Crippen molar-refractivity contribution in [3.05, 3.63) is 35.7 Å². The summed E-state index contributed by atoms with van der Waals surface area (Å²) in [6, 6.07) is 6.47. The Morgan fingerprint density at radius 2 is 1.92 bits per heavy atom. The molecule has 1 aliphatic heterocycles. The molecule has 1 unspecified atom stereocenters. The zero-order valence-electron chi connectivity index (χ0n) is 20.8. The van der Waals surface area contributed by atoms with Gasteiger partial charge in [0, 0.05) is 18.2 Å². The van der Waals surface area contributed by atoms with E-state index in [1.165, 1.54) is 6.07 Å². The highest BCUT2D eigenvalue weighted by Crippen LogP contribution is 2.39. The van der Waals surface area contributed by atoms with Crippen LogP contribution in [0.25, 0.3) is 11.2 Å². The molecule has 1 atom stereocenters. The Balaban J connectivity index is 1.52. The van der Waals surface area contributed by atoms with Crippen LogP contribution in [0.5, 0.6) is 0 Å². The average molecular weight is 534 g/mol. The van der Waals surface area contributed by atoms with Gasteiger partial charge in [0.15, 0.2) is 21.3 Å². The van der Waals surface area contributed by atoms with Crippen molar-refractivity contribution < 1.29 is 26.7 Å². The number of H-pyrrole nitrogens is 1. The predicted molar refractivity (Wildman–Crippen MR) is 135 cm³/mol. The largest absolute Gasteiger partial charge is 0.373 e. The maximum Gasteiger partial charge on any atom is 0.295 e. The first kappa shape index (κ1) is 25.5. The van der Waals surface area contributed by atoms with E-state index in [2.05, 4.69) is 39.4 Å². The van der Waals surface area contributed by atoms with E-state index in [-0.39, 0.29) is 56.6 Å². The van der Waals surface area contributed by atoms with Gasteiger partial charge in [0.25, 0.3) is 6.43 Å². The number of fused-ring (bicyclic) bond motifs is 1. The molecule has 1 aliphatic carbocycles. The minimum atomic E-state index is -3.68. The number of hydrogen-bond donors (Lipinski definition) is 3. The summed E-state index contributed by atoms with van der Waals surface area (Å²) in [6.07, 6.45) is 1.30. The Hall–Kier alpha value is -3.12. The van der Waals surface area contributed by atoms with Crippen molar-refractivity contribution in [2.75, 3.05) is 23.5 Å². The number of aromatic amines is 1. The van der Waals surface area contributed by atoms with Crippen molar-refractivity contribution in [3.63, 3.8) is 0 Å². The Morgan fingerprint density at radius 3 is 2.54 bits per heavy atom. The lowest BCUT2D eigenvalue weighted by atomic mass is 9.84. The summed E-state index contributed by atoms with van der Waals surface area (Å²) < 4.78 is 58.3. The molecule has 3 N–H and O–H groups in total. The van der Waals surface area contributed by atoms with Gasteiger partial charge in [-0.15, -0.1) is 0 Å². The van der Waals surface area contributed by atoms with Gasteiger partial charge in [-0.2, -0.15) is 0 Å². The summed E-state index contributed by atoms with van der Waals surface area (Å²) in [7, 11) is -3.68. The van der Waals surface area contributed by atoms with Crippen molar-refractivity contribution in [1.82, 2.24) is 15.0 Å². The monoisotopic (exact) mass is 533 g/mol. The molecule has 198 valence electrons. The zero-order chi connectivity index (χ0) is 26.5. The number of amides is 1. The van der Waals surface area contributed by atoms with Gasteiger partial charge >= 0.3 is 0 Å². The molecule has 5 rings (SSSR count). The van der Waals surface area contributed by atoms with Gasteiger partial charge in [-0.3, -0.25) is 4.79 Å². The summed E-state index contributed by atoms with van der Waals surface area (Å²) in [4.78, 5) is 23.0. The molecule has 1 amide bonds. The number of imidazole rings is 1. The summed E-state index contributed by atoms with van der Waals surface area (Å²) in [5, 5.41) is 5.74. The third-order valence-corrected chi connectivity index (χ3v) is 7.82. The third kappa shape index (κ3) is 5.59. The number of nitrogens with one attached hydrogen (secondary N) is 3. The van der Waals surface area contributed by atoms with Gasteiger partial charge in [-0.05, 0) is 48.8 Å². The van der Waals surface area contributed by atoms with Crippen molar-refractivity contribution >= 4 is 44.1 Å². The highest BCUT2D eigenvalue weighted by Gasteiger charge is 2.31. The molecule has 0 spiro atoms. The van der Waals surface area contributed by atoms with Crippen LogP contribution in [-0.4, -0.2) is 42.1 Å². The Bertz CT molecular complexity index is 1460. The molecule has 2 fully saturated rings. The summed E-state index contributed by atoms with van der Waals surface area (Å²) >= 11 is 0. The first-order valence-electron chi connectivity index (χ1n) is 12.1. The van der Waals surface area contributed by atoms with Crippen LogP contribution in [0.2, 0.25) is 0 Å². The number of benzene rings is 1. The number of nitrogens with zero attached hydrogens (tertiary/aromatic N) is 2. The molecular formula is C25H29F2N5O4S. The van der Waals surface area contributed by atoms with Gasteiger partial charge in [0.05, 0.1) is 29.0 Å². The number of anilines is 3. The molecule has 0 bridgehead atoms. The molecule has 12 heteroatoms. The number of sulfone groups is 1. The number of carbonyl (C=O) groups excluding carboxylic acids is 1. The smallest absolute Gasteiger partial charge is 0.295 e. The van der Waals surface area contributed by atoms with Gasteiger partial charge in [-0.1, -0.05) is 19.9 Å². The van der Waals surface area contributed by atoms with E-state index in [9.17, 15) is 22.0 Å². The molecule has 2 aromatic heterocycles. The first-order chi connectivity index (χ1) is 17.4. The minimum Gasteiger partial charge on any atom is -0.373 e. The maximum absolute atomic E-state index is 13.4. The number of pyridine rings is 1. The van der Waals surface area contributed by atoms with E-state index in [1.807, 2.05) is 0 Å². The van der Waals surface area contributed by atoms with E-state index in [0.29, 0.717) is 6.61 Å². The summed E-state index contributed by atoms with van der Waals surface area (Å²) in [5.41, 5.74) is 1.43. The maximum atomic E-state index is 13.4. The summed E-state index contributed by atoms with van der Waals surface area (Å²) in [6.45, 7) is 4.83. The number of alkyl halides is 2. The van der Waals surface area contributed by atoms with Crippen molar-refractivity contribution in [2.24, 2.45) is 11.3 Å². The quantitative estimate of drug-likeness (QED) is 0.378. The highest BCUT2D eigenvalue weighted by molar-refractivity contribution is 7.90. The minimum absolute atomic E-state index is 0.0385. The first-order valence-corrected chi connectivity index (χ1v) is 14.0. The summed E-state index contributed by atoms with van der Waals surface area (Å²) in [5.74, 6) is -0.730. The van der Waals surface area contributed by atoms with Crippen LogP contribution in [0.3, 0.4) is 0 Å². The third-order valence-electron chi connectivity index (χ3n) is 6.68. The Kier molecular flexibility index (Phi) is 6.43. The Morgan fingerprint density at radius 1 is 1.16 bits per heavy atom. The SMILES string of the molecule is CC1(C)CCC(c2ccc(Nc3cc(NC(=O)C4CC4)nc4[nH]c(C(F)F)nc34)c(S(C)(=O)=O)c2)OC1. The van der Waals surface area contributed by atoms with Crippen LogP contribution in [0, 0.1) is 11.3 Å². The fourth-order valence-corrected chi connectivity index (χ4v) is 5.27. The number of rotatable bonds is 7. The molecule has 9 nitrogen and oxygen atoms in total. The van der Waals surface area contributed by atoms with Crippen LogP contribution in [0.15, 0.2) is 29.2 Å². The van der Waals surface area contributed by atoms with E-state index >= 15 is 0 Å². The molecule has 1 saturated carbocycles. The molecule has 1 aromatic carbocycles. The fraction of sp³-hybridized carbons (Fsp3) is 0.480.